The first-order chi connectivity index (χ1) is 8.31. The summed E-state index contributed by atoms with van der Waals surface area (Å²) in [5.41, 5.74) is 0. The fourth-order valence-corrected chi connectivity index (χ4v) is 3.58. The molecule has 7 heteroatoms. The smallest absolute Gasteiger partial charge is 0.407 e. The Kier molecular flexibility index (Phi) is 4.20. The Morgan fingerprint density at radius 2 is 1.72 bits per heavy atom. The number of fused-ring (bicyclic) bond motifs is 1. The quantitative estimate of drug-likeness (QED) is 0.730. The van der Waals surface area contributed by atoms with Gasteiger partial charge in [-0.25, -0.2) is 0 Å². The summed E-state index contributed by atoms with van der Waals surface area (Å²) in [4.78, 5) is 0. The molecule has 5 unspecified atom stereocenters. The van der Waals surface area contributed by atoms with Crippen molar-refractivity contribution in [2.45, 2.75) is 64.1 Å². The molecule has 0 amide bonds. The van der Waals surface area contributed by atoms with Crippen LogP contribution >= 0.6 is 0 Å². The molecule has 2 aliphatic rings. The topological polar surface area (TPSA) is 46.2 Å². The van der Waals surface area contributed by atoms with E-state index in [9.17, 15) is 0 Å². The van der Waals surface area contributed by atoms with Crippen LogP contribution in [-0.4, -0.2) is 53.3 Å². The molecule has 0 saturated carbocycles. The number of rotatable bonds is 3. The van der Waals surface area contributed by atoms with Gasteiger partial charge < -0.3 is 23.2 Å². The maximum absolute atomic E-state index is 6.18. The lowest BCUT2D eigenvalue weighted by atomic mass is 9.97. The molecule has 0 aromatic heterocycles. The van der Waals surface area contributed by atoms with E-state index in [0.29, 0.717) is 0 Å². The summed E-state index contributed by atoms with van der Waals surface area (Å²) in [5, 5.41) is 0. The lowest BCUT2D eigenvalue weighted by Gasteiger charge is -2.43. The van der Waals surface area contributed by atoms with Gasteiger partial charge in [0.05, 0.1) is 18.3 Å². The predicted molar refractivity (Wildman–Crippen MR) is 70.9 cm³/mol. The molecule has 5 atom stereocenters. The van der Waals surface area contributed by atoms with E-state index in [1.165, 1.54) is 0 Å². The van der Waals surface area contributed by atoms with Gasteiger partial charge in [-0.1, -0.05) is 0 Å². The molecular weight excluding hydrogens is 251 g/mol. The van der Waals surface area contributed by atoms with Crippen molar-refractivity contribution in [2.75, 3.05) is 7.11 Å². The second-order valence-corrected chi connectivity index (χ2v) is 10.4. The van der Waals surface area contributed by atoms with Gasteiger partial charge in [0.25, 0.3) is 0 Å². The fraction of sp³-hybridized carbons (Fsp3) is 1.00. The number of hydrogen-bond donors (Lipinski definition) is 0. The van der Waals surface area contributed by atoms with Crippen molar-refractivity contribution in [1.29, 1.82) is 0 Å². The van der Waals surface area contributed by atoms with Crippen molar-refractivity contribution in [3.63, 3.8) is 0 Å². The van der Waals surface area contributed by atoms with Crippen molar-refractivity contribution >= 4 is 15.4 Å². The first kappa shape index (κ1) is 14.5. The number of methoxy groups -OCH3 is 1. The van der Waals surface area contributed by atoms with Gasteiger partial charge in [0.2, 0.25) is 0 Å². The minimum Gasteiger partial charge on any atom is -0.407 e. The van der Waals surface area contributed by atoms with E-state index < -0.39 is 8.32 Å². The third-order valence-corrected chi connectivity index (χ3v) is 4.13. The van der Waals surface area contributed by atoms with Crippen molar-refractivity contribution in [3.05, 3.63) is 0 Å². The van der Waals surface area contributed by atoms with E-state index >= 15 is 0 Å². The van der Waals surface area contributed by atoms with Crippen LogP contribution in [0.5, 0.6) is 0 Å². The van der Waals surface area contributed by atoms with Crippen LogP contribution in [-0.2, 0) is 23.2 Å². The van der Waals surface area contributed by atoms with E-state index in [1.54, 1.807) is 7.11 Å². The Morgan fingerprint density at radius 1 is 1.11 bits per heavy atom. The molecule has 2 saturated heterocycles. The molecule has 0 aromatic carbocycles. The van der Waals surface area contributed by atoms with Gasteiger partial charge >= 0.3 is 7.12 Å². The zero-order valence-electron chi connectivity index (χ0n) is 12.0. The van der Waals surface area contributed by atoms with Crippen molar-refractivity contribution in [2.24, 2.45) is 0 Å². The van der Waals surface area contributed by atoms with Crippen LogP contribution in [0.1, 0.15) is 6.92 Å². The van der Waals surface area contributed by atoms with Crippen LogP contribution in [0.3, 0.4) is 0 Å². The normalized spacial score (nSPS) is 41.0. The van der Waals surface area contributed by atoms with E-state index in [-0.39, 0.29) is 37.8 Å². The Labute approximate surface area is 110 Å². The SMILES string of the molecule is COC1OC(C)C2OB(C)OC2C1O[Si](C)(C)C. The van der Waals surface area contributed by atoms with Crippen LogP contribution in [0.2, 0.25) is 26.5 Å². The molecule has 0 radical (unpaired) electrons. The molecule has 0 spiro atoms. The Morgan fingerprint density at radius 3 is 2.28 bits per heavy atom. The van der Waals surface area contributed by atoms with Gasteiger partial charge in [-0.3, -0.25) is 0 Å². The molecule has 2 heterocycles. The first-order valence-electron chi connectivity index (χ1n) is 6.49. The van der Waals surface area contributed by atoms with Crippen molar-refractivity contribution in [3.8, 4) is 0 Å². The summed E-state index contributed by atoms with van der Waals surface area (Å²) >= 11 is 0. The summed E-state index contributed by atoms with van der Waals surface area (Å²) in [5.74, 6) is 0. The standard InChI is InChI=1S/C11H23BO5Si/c1-7-8-9(16-12(2)15-8)10(11(13-3)14-7)17-18(4,5)6/h7-11H,1-6H3. The van der Waals surface area contributed by atoms with Gasteiger partial charge in [-0.05, 0) is 33.4 Å². The minimum absolute atomic E-state index is 0.0496. The predicted octanol–water partition coefficient (Wildman–Crippen LogP) is 1.50. The zero-order chi connectivity index (χ0) is 13.5. The summed E-state index contributed by atoms with van der Waals surface area (Å²) < 4.78 is 29.0. The largest absolute Gasteiger partial charge is 0.454 e. The third-order valence-electron chi connectivity index (χ3n) is 3.15. The van der Waals surface area contributed by atoms with E-state index in [2.05, 4.69) is 19.6 Å². The van der Waals surface area contributed by atoms with E-state index in [4.69, 9.17) is 23.2 Å². The number of ether oxygens (including phenoxy) is 2. The molecule has 0 aliphatic carbocycles. The summed E-state index contributed by atoms with van der Waals surface area (Å²) in [6, 6.07) is 0. The van der Waals surface area contributed by atoms with Gasteiger partial charge in [-0.15, -0.1) is 0 Å². The van der Waals surface area contributed by atoms with Gasteiger partial charge in [-0.2, -0.15) is 0 Å². The highest BCUT2D eigenvalue weighted by Gasteiger charge is 2.53. The molecule has 0 bridgehead atoms. The maximum atomic E-state index is 6.18. The van der Waals surface area contributed by atoms with Crippen LogP contribution in [0.15, 0.2) is 0 Å². The minimum atomic E-state index is -1.70. The molecule has 5 nitrogen and oxygen atoms in total. The van der Waals surface area contributed by atoms with Crippen LogP contribution < -0.4 is 0 Å². The third kappa shape index (κ3) is 2.97. The lowest BCUT2D eigenvalue weighted by Crippen LogP contribution is -2.59. The molecule has 104 valence electrons. The van der Waals surface area contributed by atoms with Gasteiger partial charge in [0, 0.05) is 7.11 Å². The molecule has 2 rings (SSSR count). The molecule has 2 fully saturated rings. The fourth-order valence-electron chi connectivity index (χ4n) is 2.51. The molecule has 0 N–H and O–H groups in total. The molecule has 2 aliphatic heterocycles. The Bertz CT molecular complexity index is 298. The first-order valence-corrected chi connectivity index (χ1v) is 9.89. The van der Waals surface area contributed by atoms with Crippen LogP contribution in [0.25, 0.3) is 0 Å². The highest BCUT2D eigenvalue weighted by Crippen LogP contribution is 2.34. The second kappa shape index (κ2) is 5.22. The average Bonchev–Trinajstić information content (AvgIpc) is 2.63. The Balaban J connectivity index is 2.17. The maximum Gasteiger partial charge on any atom is 0.454 e. The zero-order valence-corrected chi connectivity index (χ0v) is 13.0. The Hall–Kier alpha value is 0.0818. The number of hydrogen-bond acceptors (Lipinski definition) is 5. The highest BCUT2D eigenvalue weighted by molar-refractivity contribution is 6.69. The van der Waals surface area contributed by atoms with Crippen molar-refractivity contribution < 1.29 is 23.2 Å². The molecule has 18 heavy (non-hydrogen) atoms. The second-order valence-electron chi connectivity index (χ2n) is 5.91. The summed E-state index contributed by atoms with van der Waals surface area (Å²) in [7, 11) is -0.279. The highest BCUT2D eigenvalue weighted by atomic mass is 28.4. The average molecular weight is 274 g/mol. The van der Waals surface area contributed by atoms with Gasteiger partial charge in [0.1, 0.15) is 6.10 Å². The summed E-state index contributed by atoms with van der Waals surface area (Å²) in [6.07, 6.45) is -0.839. The van der Waals surface area contributed by atoms with E-state index in [1.807, 2.05) is 13.7 Å². The molecular formula is C11H23BO5Si. The summed E-state index contributed by atoms with van der Waals surface area (Å²) in [6.45, 7) is 10.3. The van der Waals surface area contributed by atoms with E-state index in [0.717, 1.165) is 0 Å². The van der Waals surface area contributed by atoms with Crippen molar-refractivity contribution in [1.82, 2.24) is 0 Å². The molecule has 0 aromatic rings. The lowest BCUT2D eigenvalue weighted by molar-refractivity contribution is -0.260. The van der Waals surface area contributed by atoms with Crippen LogP contribution in [0, 0.1) is 0 Å². The van der Waals surface area contributed by atoms with Crippen LogP contribution in [0.4, 0.5) is 0 Å². The monoisotopic (exact) mass is 274 g/mol. The van der Waals surface area contributed by atoms with Gasteiger partial charge in [0.15, 0.2) is 14.6 Å².